The Labute approximate surface area is 127 Å². The van der Waals surface area contributed by atoms with E-state index in [2.05, 4.69) is 15.3 Å². The fourth-order valence-corrected chi connectivity index (χ4v) is 2.90. The summed E-state index contributed by atoms with van der Waals surface area (Å²) in [5, 5.41) is 8.89. The minimum atomic E-state index is -0.0200. The van der Waals surface area contributed by atoms with Crippen molar-refractivity contribution in [1.82, 2.24) is 24.9 Å². The Kier molecular flexibility index (Phi) is 3.07. The van der Waals surface area contributed by atoms with Crippen LogP contribution in [-0.4, -0.2) is 43.9 Å². The Balaban J connectivity index is 1.56. The summed E-state index contributed by atoms with van der Waals surface area (Å²) < 4.78 is 1.82. The highest BCUT2D eigenvalue weighted by Crippen LogP contribution is 2.22. The van der Waals surface area contributed by atoms with E-state index in [1.807, 2.05) is 46.1 Å². The van der Waals surface area contributed by atoms with E-state index >= 15 is 0 Å². The quantitative estimate of drug-likeness (QED) is 0.724. The molecule has 1 aromatic carbocycles. The first kappa shape index (κ1) is 12.9. The van der Waals surface area contributed by atoms with E-state index in [9.17, 15) is 4.79 Å². The zero-order chi connectivity index (χ0) is 14.9. The first-order chi connectivity index (χ1) is 10.8. The first-order valence-corrected chi connectivity index (χ1v) is 7.32. The Hall–Kier alpha value is -2.76. The fourth-order valence-electron chi connectivity index (χ4n) is 2.90. The van der Waals surface area contributed by atoms with Gasteiger partial charge in [-0.3, -0.25) is 4.79 Å². The number of rotatable bonds is 2. The molecule has 4 rings (SSSR count). The minimum Gasteiger partial charge on any atom is -0.335 e. The summed E-state index contributed by atoms with van der Waals surface area (Å²) in [5.74, 6) is -0.0200. The lowest BCUT2D eigenvalue weighted by Gasteiger charge is -2.16. The van der Waals surface area contributed by atoms with Crippen molar-refractivity contribution < 1.29 is 4.79 Å². The van der Waals surface area contributed by atoms with Crippen LogP contribution in [0.15, 0.2) is 48.8 Å². The monoisotopic (exact) mass is 293 g/mol. The average Bonchev–Trinajstić information content (AvgIpc) is 3.24. The zero-order valence-electron chi connectivity index (χ0n) is 12.0. The zero-order valence-corrected chi connectivity index (χ0v) is 12.0. The number of para-hydroxylation sites is 1. The van der Waals surface area contributed by atoms with Crippen molar-refractivity contribution in [3.63, 3.8) is 0 Å². The van der Waals surface area contributed by atoms with E-state index in [1.54, 1.807) is 12.3 Å². The molecule has 1 unspecified atom stereocenters. The number of fused-ring (bicyclic) bond motifs is 1. The number of amides is 1. The van der Waals surface area contributed by atoms with E-state index in [4.69, 9.17) is 0 Å². The number of nitrogens with zero attached hydrogens (tertiary/aromatic N) is 5. The highest BCUT2D eigenvalue weighted by Gasteiger charge is 2.29. The van der Waals surface area contributed by atoms with Crippen molar-refractivity contribution in [2.24, 2.45) is 0 Å². The predicted octanol–water partition coefficient (Wildman–Crippen LogP) is 1.91. The molecule has 1 aliphatic heterocycles. The van der Waals surface area contributed by atoms with Crippen LogP contribution < -0.4 is 0 Å². The number of carbonyl (C=O) groups excluding carboxylic acids is 1. The Morgan fingerprint density at radius 2 is 2.09 bits per heavy atom. The summed E-state index contributed by atoms with van der Waals surface area (Å²) in [5.41, 5.74) is 1.35. The van der Waals surface area contributed by atoms with E-state index in [0.29, 0.717) is 12.2 Å². The van der Waals surface area contributed by atoms with E-state index in [0.717, 1.165) is 23.9 Å². The molecule has 22 heavy (non-hydrogen) atoms. The number of hydrogen-bond donors (Lipinski definition) is 0. The Morgan fingerprint density at radius 3 is 2.95 bits per heavy atom. The summed E-state index contributed by atoms with van der Waals surface area (Å²) in [6, 6.07) is 11.8. The summed E-state index contributed by atoms with van der Waals surface area (Å²) >= 11 is 0. The van der Waals surface area contributed by atoms with Crippen LogP contribution in [0, 0.1) is 0 Å². The predicted molar refractivity (Wildman–Crippen MR) is 81.3 cm³/mol. The van der Waals surface area contributed by atoms with Gasteiger partial charge in [0.05, 0.1) is 17.8 Å². The lowest BCUT2D eigenvalue weighted by atomic mass is 10.2. The number of benzene rings is 1. The molecule has 2 aromatic heterocycles. The van der Waals surface area contributed by atoms with E-state index in [-0.39, 0.29) is 11.9 Å². The van der Waals surface area contributed by atoms with Crippen LogP contribution in [0.5, 0.6) is 0 Å². The van der Waals surface area contributed by atoms with Crippen molar-refractivity contribution in [2.45, 2.75) is 12.5 Å². The van der Waals surface area contributed by atoms with Crippen LogP contribution in [0.4, 0.5) is 0 Å². The minimum absolute atomic E-state index is 0.0200. The molecule has 1 aliphatic rings. The summed E-state index contributed by atoms with van der Waals surface area (Å²) in [7, 11) is 0. The van der Waals surface area contributed by atoms with Crippen LogP contribution in [0.1, 0.15) is 23.0 Å². The van der Waals surface area contributed by atoms with Crippen LogP contribution >= 0.6 is 0 Å². The van der Waals surface area contributed by atoms with Crippen molar-refractivity contribution in [1.29, 1.82) is 0 Å². The van der Waals surface area contributed by atoms with Crippen molar-refractivity contribution in [3.05, 3.63) is 54.5 Å². The normalized spacial score (nSPS) is 18.0. The van der Waals surface area contributed by atoms with Crippen molar-refractivity contribution in [3.8, 4) is 0 Å². The average molecular weight is 293 g/mol. The number of hydrogen-bond acceptors (Lipinski definition) is 4. The van der Waals surface area contributed by atoms with Gasteiger partial charge in [-0.15, -0.1) is 5.10 Å². The molecule has 0 saturated carbocycles. The van der Waals surface area contributed by atoms with Gasteiger partial charge in [0.2, 0.25) is 0 Å². The number of aromatic nitrogens is 4. The number of carbonyl (C=O) groups is 1. The largest absolute Gasteiger partial charge is 0.335 e. The Bertz CT molecular complexity index is 814. The molecule has 110 valence electrons. The van der Waals surface area contributed by atoms with Gasteiger partial charge in [-0.25, -0.2) is 9.67 Å². The fraction of sp³-hybridized carbons (Fsp3) is 0.250. The lowest BCUT2D eigenvalue weighted by molar-refractivity contribution is 0.0781. The third-order valence-corrected chi connectivity index (χ3v) is 4.08. The van der Waals surface area contributed by atoms with Crippen LogP contribution in [0.25, 0.3) is 10.9 Å². The Morgan fingerprint density at radius 1 is 1.18 bits per heavy atom. The molecule has 6 heteroatoms. The van der Waals surface area contributed by atoms with Crippen LogP contribution in [0.3, 0.4) is 0 Å². The van der Waals surface area contributed by atoms with Gasteiger partial charge in [0, 0.05) is 24.7 Å². The second-order valence-electron chi connectivity index (χ2n) is 5.47. The molecule has 0 bridgehead atoms. The molecule has 3 aromatic rings. The highest BCUT2D eigenvalue weighted by atomic mass is 16.2. The second kappa shape index (κ2) is 5.22. The lowest BCUT2D eigenvalue weighted by Crippen LogP contribution is -2.29. The maximum atomic E-state index is 12.6. The molecule has 1 fully saturated rings. The molecule has 1 saturated heterocycles. The highest BCUT2D eigenvalue weighted by molar-refractivity contribution is 5.95. The summed E-state index contributed by atoms with van der Waals surface area (Å²) in [6.45, 7) is 1.37. The molecular formula is C16H15N5O. The molecule has 0 N–H and O–H groups in total. The number of pyridine rings is 1. The van der Waals surface area contributed by atoms with Gasteiger partial charge in [0.25, 0.3) is 5.91 Å². The molecule has 0 radical (unpaired) electrons. The SMILES string of the molecule is O=C(c1ccc2ccccc2n1)N1CCC(n2ccnn2)C1. The van der Waals surface area contributed by atoms with Gasteiger partial charge in [0.1, 0.15) is 5.69 Å². The summed E-state index contributed by atoms with van der Waals surface area (Å²) in [4.78, 5) is 18.9. The topological polar surface area (TPSA) is 63.9 Å². The van der Waals surface area contributed by atoms with Gasteiger partial charge >= 0.3 is 0 Å². The second-order valence-corrected chi connectivity index (χ2v) is 5.47. The van der Waals surface area contributed by atoms with Gasteiger partial charge in [-0.2, -0.15) is 0 Å². The molecule has 0 aliphatic carbocycles. The van der Waals surface area contributed by atoms with Gasteiger partial charge in [0.15, 0.2) is 0 Å². The van der Waals surface area contributed by atoms with E-state index < -0.39 is 0 Å². The van der Waals surface area contributed by atoms with E-state index in [1.165, 1.54) is 0 Å². The molecule has 1 atom stereocenters. The molecule has 6 nitrogen and oxygen atoms in total. The maximum Gasteiger partial charge on any atom is 0.272 e. The van der Waals surface area contributed by atoms with Gasteiger partial charge < -0.3 is 4.90 Å². The molecule has 0 spiro atoms. The smallest absolute Gasteiger partial charge is 0.272 e. The van der Waals surface area contributed by atoms with Crippen LogP contribution in [0.2, 0.25) is 0 Å². The standard InChI is InChI=1S/C16H15N5O/c22-16(15-6-5-12-3-1-2-4-14(12)18-15)20-9-7-13(11-20)21-10-8-17-19-21/h1-6,8,10,13H,7,9,11H2. The number of likely N-dealkylation sites (tertiary alicyclic amines) is 1. The molecular weight excluding hydrogens is 278 g/mol. The van der Waals surface area contributed by atoms with Crippen LogP contribution in [-0.2, 0) is 0 Å². The maximum absolute atomic E-state index is 12.6. The molecule has 1 amide bonds. The first-order valence-electron chi connectivity index (χ1n) is 7.32. The molecule has 3 heterocycles. The van der Waals surface area contributed by atoms with Gasteiger partial charge in [-0.05, 0) is 18.6 Å². The summed E-state index contributed by atoms with van der Waals surface area (Å²) in [6.07, 6.45) is 4.39. The van der Waals surface area contributed by atoms with Crippen molar-refractivity contribution in [2.75, 3.05) is 13.1 Å². The van der Waals surface area contributed by atoms with Gasteiger partial charge in [-0.1, -0.05) is 29.5 Å². The third-order valence-electron chi connectivity index (χ3n) is 4.08. The third kappa shape index (κ3) is 2.22. The van der Waals surface area contributed by atoms with Crippen molar-refractivity contribution >= 4 is 16.8 Å².